The monoisotopic (exact) mass is 590 g/mol. The minimum absolute atomic E-state index is 0.260. The van der Waals surface area contributed by atoms with Crippen LogP contribution in [0.3, 0.4) is 0 Å². The molecular weight excluding hydrogens is 528 g/mol. The van der Waals surface area contributed by atoms with E-state index < -0.39 is 12.2 Å². The number of benzene rings is 1. The Bertz CT molecular complexity index is 746. The maximum atomic E-state index is 12.4. The maximum Gasteiger partial charge on any atom is 0.412 e. The van der Waals surface area contributed by atoms with Crippen LogP contribution in [-0.2, 0) is 9.47 Å². The van der Waals surface area contributed by atoms with E-state index in [1.807, 2.05) is 0 Å². The Morgan fingerprint density at radius 1 is 0.571 bits per heavy atom. The lowest BCUT2D eigenvalue weighted by Gasteiger charge is -2.20. The van der Waals surface area contributed by atoms with Crippen molar-refractivity contribution in [3.8, 4) is 0 Å². The standard InChI is InChI=1S/C34H62N4O4/c1-5-9-11-13-15-17-19-21-26-37(7-3)29-41-33(39)35-31-24-23-25-32(28-31)36-34(40)42-30-38(8-4)27-22-20-18-16-14-12-10-6-2/h23-25,28H,5-22,26-27,29-30H2,1-4H3,(H,35,39)(H,36,40). The Morgan fingerprint density at radius 2 is 0.929 bits per heavy atom. The number of hydrogen-bond donors (Lipinski definition) is 2. The number of carbonyl (C=O) groups is 2. The second kappa shape index (κ2) is 26.3. The Labute approximate surface area is 257 Å². The molecule has 0 fully saturated rings. The van der Waals surface area contributed by atoms with E-state index in [9.17, 15) is 9.59 Å². The molecule has 0 saturated heterocycles. The molecule has 2 amide bonds. The maximum absolute atomic E-state index is 12.4. The van der Waals surface area contributed by atoms with Gasteiger partial charge in [-0.1, -0.05) is 124 Å². The van der Waals surface area contributed by atoms with Crippen LogP contribution in [0, 0.1) is 0 Å². The number of carbonyl (C=O) groups excluding carboxylic acids is 2. The summed E-state index contributed by atoms with van der Waals surface area (Å²) in [6, 6.07) is 6.99. The van der Waals surface area contributed by atoms with Crippen molar-refractivity contribution in [1.29, 1.82) is 0 Å². The fourth-order valence-electron chi connectivity index (χ4n) is 4.85. The van der Waals surface area contributed by atoms with Gasteiger partial charge in [0.2, 0.25) is 0 Å². The number of ether oxygens (including phenoxy) is 2. The molecule has 1 rings (SSSR count). The van der Waals surface area contributed by atoms with Gasteiger partial charge in [-0.25, -0.2) is 9.59 Å². The van der Waals surface area contributed by atoms with Crippen molar-refractivity contribution in [3.05, 3.63) is 24.3 Å². The number of nitrogens with zero attached hydrogens (tertiary/aromatic N) is 2. The molecule has 0 atom stereocenters. The molecule has 0 aliphatic heterocycles. The second-order valence-electron chi connectivity index (χ2n) is 11.3. The highest BCUT2D eigenvalue weighted by molar-refractivity contribution is 5.88. The molecule has 2 N–H and O–H groups in total. The lowest BCUT2D eigenvalue weighted by molar-refractivity contribution is 0.0794. The molecule has 0 unspecified atom stereocenters. The Morgan fingerprint density at radius 3 is 1.29 bits per heavy atom. The molecule has 0 radical (unpaired) electrons. The summed E-state index contributed by atoms with van der Waals surface area (Å²) in [7, 11) is 0. The zero-order valence-electron chi connectivity index (χ0n) is 27.4. The number of amides is 2. The molecule has 242 valence electrons. The molecule has 1 aromatic carbocycles. The molecule has 0 aromatic heterocycles. The van der Waals surface area contributed by atoms with Crippen molar-refractivity contribution in [3.63, 3.8) is 0 Å². The van der Waals surface area contributed by atoms with Crippen molar-refractivity contribution < 1.29 is 19.1 Å². The van der Waals surface area contributed by atoms with Crippen LogP contribution in [0.5, 0.6) is 0 Å². The highest BCUT2D eigenvalue weighted by atomic mass is 16.6. The highest BCUT2D eigenvalue weighted by Crippen LogP contribution is 2.16. The van der Waals surface area contributed by atoms with Crippen LogP contribution in [0.1, 0.15) is 130 Å². The minimum atomic E-state index is -0.511. The SMILES string of the molecule is CCCCCCCCCCN(CC)COC(=O)Nc1cccc(NC(=O)OCN(CC)CCCCCCCCCC)c1. The van der Waals surface area contributed by atoms with Crippen LogP contribution < -0.4 is 10.6 Å². The summed E-state index contributed by atoms with van der Waals surface area (Å²) < 4.78 is 10.9. The number of nitrogens with one attached hydrogen (secondary N) is 2. The first-order valence-corrected chi connectivity index (χ1v) is 16.9. The third-order valence-corrected chi connectivity index (χ3v) is 7.66. The molecule has 1 aromatic rings. The third-order valence-electron chi connectivity index (χ3n) is 7.66. The lowest BCUT2D eigenvalue weighted by Crippen LogP contribution is -2.30. The molecule has 0 spiro atoms. The van der Waals surface area contributed by atoms with E-state index in [2.05, 4.69) is 48.1 Å². The molecule has 0 saturated carbocycles. The summed E-state index contributed by atoms with van der Waals surface area (Å²) in [5.74, 6) is 0. The van der Waals surface area contributed by atoms with E-state index >= 15 is 0 Å². The van der Waals surface area contributed by atoms with Crippen LogP contribution in [0.2, 0.25) is 0 Å². The molecule has 42 heavy (non-hydrogen) atoms. The van der Waals surface area contributed by atoms with E-state index in [0.717, 1.165) is 39.0 Å². The van der Waals surface area contributed by atoms with Crippen LogP contribution in [0.25, 0.3) is 0 Å². The van der Waals surface area contributed by atoms with Gasteiger partial charge in [-0.15, -0.1) is 0 Å². The first-order valence-electron chi connectivity index (χ1n) is 16.9. The first kappa shape index (κ1) is 37.7. The van der Waals surface area contributed by atoms with Crippen LogP contribution in [-0.4, -0.2) is 61.6 Å². The zero-order valence-corrected chi connectivity index (χ0v) is 27.4. The van der Waals surface area contributed by atoms with Crippen molar-refractivity contribution in [2.75, 3.05) is 50.3 Å². The van der Waals surface area contributed by atoms with E-state index in [-0.39, 0.29) is 13.5 Å². The molecule has 0 bridgehead atoms. The fraction of sp³-hybridized carbons (Fsp3) is 0.765. The van der Waals surface area contributed by atoms with Crippen LogP contribution >= 0.6 is 0 Å². The van der Waals surface area contributed by atoms with Gasteiger partial charge in [0, 0.05) is 24.5 Å². The number of anilines is 2. The van der Waals surface area contributed by atoms with Crippen LogP contribution in [0.4, 0.5) is 21.0 Å². The van der Waals surface area contributed by atoms with E-state index in [0.29, 0.717) is 11.4 Å². The van der Waals surface area contributed by atoms with Gasteiger partial charge < -0.3 is 9.47 Å². The number of rotatable bonds is 26. The highest BCUT2D eigenvalue weighted by Gasteiger charge is 2.10. The normalized spacial score (nSPS) is 11.2. The lowest BCUT2D eigenvalue weighted by atomic mass is 10.1. The summed E-state index contributed by atoms with van der Waals surface area (Å²) in [5.41, 5.74) is 1.10. The predicted octanol–water partition coefficient (Wildman–Crippen LogP) is 9.62. The van der Waals surface area contributed by atoms with E-state index in [1.54, 1.807) is 24.3 Å². The van der Waals surface area contributed by atoms with Gasteiger partial charge >= 0.3 is 12.2 Å². The Kier molecular flexibility index (Phi) is 23.6. The van der Waals surface area contributed by atoms with Gasteiger partial charge in [0.1, 0.15) is 13.5 Å². The van der Waals surface area contributed by atoms with Crippen molar-refractivity contribution in [2.45, 2.75) is 130 Å². The van der Waals surface area contributed by atoms with E-state index in [4.69, 9.17) is 9.47 Å². The molecule has 8 heteroatoms. The Hall–Kier alpha value is -2.32. The third kappa shape index (κ3) is 20.5. The molecule has 0 heterocycles. The van der Waals surface area contributed by atoms with E-state index in [1.165, 1.54) is 89.9 Å². The van der Waals surface area contributed by atoms with Crippen LogP contribution in [0.15, 0.2) is 24.3 Å². The quantitative estimate of drug-likeness (QED) is 0.0825. The van der Waals surface area contributed by atoms with Gasteiger partial charge in [0.25, 0.3) is 0 Å². The predicted molar refractivity (Wildman–Crippen MR) is 176 cm³/mol. The van der Waals surface area contributed by atoms with Gasteiger partial charge in [-0.3, -0.25) is 20.4 Å². The molecular formula is C34H62N4O4. The summed E-state index contributed by atoms with van der Waals surface area (Å²) in [6.07, 6.45) is 19.4. The van der Waals surface area contributed by atoms with Crippen molar-refractivity contribution in [1.82, 2.24) is 9.80 Å². The number of unbranched alkanes of at least 4 members (excludes halogenated alkanes) is 14. The Balaban J connectivity index is 2.27. The topological polar surface area (TPSA) is 83.1 Å². The summed E-state index contributed by atoms with van der Waals surface area (Å²) in [6.45, 7) is 12.7. The van der Waals surface area contributed by atoms with Gasteiger partial charge in [0.05, 0.1) is 0 Å². The van der Waals surface area contributed by atoms with Crippen molar-refractivity contribution in [2.24, 2.45) is 0 Å². The van der Waals surface area contributed by atoms with Gasteiger partial charge in [-0.05, 0) is 44.1 Å². The molecule has 0 aliphatic carbocycles. The number of hydrogen-bond acceptors (Lipinski definition) is 6. The summed E-state index contributed by atoms with van der Waals surface area (Å²) in [5, 5.41) is 5.51. The average Bonchev–Trinajstić information content (AvgIpc) is 2.99. The molecule has 0 aliphatic rings. The average molecular weight is 591 g/mol. The second-order valence-corrected chi connectivity index (χ2v) is 11.3. The zero-order chi connectivity index (χ0) is 30.7. The smallest absolute Gasteiger partial charge is 0.412 e. The fourth-order valence-corrected chi connectivity index (χ4v) is 4.85. The largest absolute Gasteiger partial charge is 0.433 e. The summed E-state index contributed by atoms with van der Waals surface area (Å²) >= 11 is 0. The minimum Gasteiger partial charge on any atom is -0.433 e. The van der Waals surface area contributed by atoms with Gasteiger partial charge in [0.15, 0.2) is 0 Å². The summed E-state index contributed by atoms with van der Waals surface area (Å²) in [4.78, 5) is 29.0. The van der Waals surface area contributed by atoms with Crippen molar-refractivity contribution >= 4 is 23.6 Å². The molecule has 8 nitrogen and oxygen atoms in total. The first-order chi connectivity index (χ1) is 20.5. The van der Waals surface area contributed by atoms with Gasteiger partial charge in [-0.2, -0.15) is 0 Å².